The zero-order valence-electron chi connectivity index (χ0n) is 13.6. The molecule has 21 heavy (non-hydrogen) atoms. The number of amides is 1. The molecule has 0 saturated carbocycles. The molecule has 1 rings (SSSR count). The second-order valence-electron chi connectivity index (χ2n) is 5.49. The maximum atomic E-state index is 11.8. The van der Waals surface area contributed by atoms with Gasteiger partial charge in [-0.25, -0.2) is 0 Å². The minimum atomic E-state index is 0.0621. The van der Waals surface area contributed by atoms with E-state index in [-0.39, 0.29) is 11.9 Å². The minimum Gasteiger partial charge on any atom is -0.385 e. The fourth-order valence-electron chi connectivity index (χ4n) is 2.02. The highest BCUT2D eigenvalue weighted by molar-refractivity contribution is 5.78. The van der Waals surface area contributed by atoms with Crippen LogP contribution >= 0.6 is 0 Å². The molecule has 0 atom stereocenters. The highest BCUT2D eigenvalue weighted by Gasteiger charge is 2.11. The molecule has 5 nitrogen and oxygen atoms in total. The molecule has 0 radical (unpaired) electrons. The first-order valence-electron chi connectivity index (χ1n) is 7.75. The summed E-state index contributed by atoms with van der Waals surface area (Å²) < 4.78 is 0. The SMILES string of the molecule is CCCNc1ccnc(CN(CC)CC(=O)NC(C)C)c1. The Kier molecular flexibility index (Phi) is 7.75. The maximum absolute atomic E-state index is 11.8. The van der Waals surface area contributed by atoms with Crippen molar-refractivity contribution in [3.8, 4) is 0 Å². The molecule has 1 aromatic rings. The molecule has 0 spiro atoms. The van der Waals surface area contributed by atoms with Crippen LogP contribution in [-0.2, 0) is 11.3 Å². The summed E-state index contributed by atoms with van der Waals surface area (Å²) in [5.74, 6) is 0.0621. The van der Waals surface area contributed by atoms with Gasteiger partial charge in [-0.3, -0.25) is 14.7 Å². The van der Waals surface area contributed by atoms with E-state index >= 15 is 0 Å². The Morgan fingerprint density at radius 2 is 2.14 bits per heavy atom. The van der Waals surface area contributed by atoms with E-state index in [9.17, 15) is 4.79 Å². The van der Waals surface area contributed by atoms with Crippen molar-refractivity contribution >= 4 is 11.6 Å². The van der Waals surface area contributed by atoms with Gasteiger partial charge in [-0.05, 0) is 38.9 Å². The van der Waals surface area contributed by atoms with Crippen LogP contribution in [0.5, 0.6) is 0 Å². The van der Waals surface area contributed by atoms with Gasteiger partial charge in [0.25, 0.3) is 0 Å². The Morgan fingerprint density at radius 3 is 2.76 bits per heavy atom. The summed E-state index contributed by atoms with van der Waals surface area (Å²) in [6, 6.07) is 4.20. The summed E-state index contributed by atoms with van der Waals surface area (Å²) in [7, 11) is 0. The molecule has 2 N–H and O–H groups in total. The summed E-state index contributed by atoms with van der Waals surface area (Å²) in [4.78, 5) is 18.3. The molecular formula is C16H28N4O. The molecule has 0 aromatic carbocycles. The lowest BCUT2D eigenvalue weighted by atomic mass is 10.2. The Labute approximate surface area is 128 Å². The molecule has 0 bridgehead atoms. The quantitative estimate of drug-likeness (QED) is 0.733. The Bertz CT molecular complexity index is 434. The first-order chi connectivity index (χ1) is 10.0. The first kappa shape index (κ1) is 17.4. The monoisotopic (exact) mass is 292 g/mol. The van der Waals surface area contributed by atoms with Crippen LogP contribution in [0, 0.1) is 0 Å². The Hall–Kier alpha value is -1.62. The van der Waals surface area contributed by atoms with Crippen molar-refractivity contribution in [3.63, 3.8) is 0 Å². The van der Waals surface area contributed by atoms with Crippen molar-refractivity contribution in [1.29, 1.82) is 0 Å². The molecule has 0 fully saturated rings. The molecule has 0 aliphatic carbocycles. The molecule has 0 aliphatic rings. The molecule has 5 heteroatoms. The van der Waals surface area contributed by atoms with Crippen LogP contribution < -0.4 is 10.6 Å². The fraction of sp³-hybridized carbons (Fsp3) is 0.625. The number of hydrogen-bond acceptors (Lipinski definition) is 4. The van der Waals surface area contributed by atoms with Crippen molar-refractivity contribution < 1.29 is 4.79 Å². The molecule has 1 amide bonds. The Morgan fingerprint density at radius 1 is 1.38 bits per heavy atom. The first-order valence-corrected chi connectivity index (χ1v) is 7.75. The van der Waals surface area contributed by atoms with Gasteiger partial charge in [0, 0.05) is 31.0 Å². The summed E-state index contributed by atoms with van der Waals surface area (Å²) in [6.45, 7) is 11.0. The van der Waals surface area contributed by atoms with E-state index in [4.69, 9.17) is 0 Å². The van der Waals surface area contributed by atoms with Gasteiger partial charge >= 0.3 is 0 Å². The van der Waals surface area contributed by atoms with Crippen LogP contribution in [0.25, 0.3) is 0 Å². The average molecular weight is 292 g/mol. The number of hydrogen-bond donors (Lipinski definition) is 2. The van der Waals surface area contributed by atoms with E-state index in [1.807, 2.05) is 26.1 Å². The molecule has 118 valence electrons. The Balaban J connectivity index is 2.58. The molecule has 0 saturated heterocycles. The number of nitrogens with zero attached hydrogens (tertiary/aromatic N) is 2. The largest absolute Gasteiger partial charge is 0.385 e. The van der Waals surface area contributed by atoms with E-state index in [1.165, 1.54) is 0 Å². The van der Waals surface area contributed by atoms with Crippen molar-refractivity contribution in [2.75, 3.05) is 25.0 Å². The van der Waals surface area contributed by atoms with Gasteiger partial charge in [0.05, 0.1) is 12.2 Å². The number of anilines is 1. The molecule has 0 aliphatic heterocycles. The highest BCUT2D eigenvalue weighted by Crippen LogP contribution is 2.10. The lowest BCUT2D eigenvalue weighted by molar-refractivity contribution is -0.122. The van der Waals surface area contributed by atoms with Crippen LogP contribution in [0.3, 0.4) is 0 Å². The van der Waals surface area contributed by atoms with Gasteiger partial charge in [0.15, 0.2) is 0 Å². The van der Waals surface area contributed by atoms with E-state index in [2.05, 4.69) is 40.4 Å². The predicted octanol–water partition coefficient (Wildman–Crippen LogP) is 2.25. The summed E-state index contributed by atoms with van der Waals surface area (Å²) >= 11 is 0. The second kappa shape index (κ2) is 9.34. The van der Waals surface area contributed by atoms with E-state index < -0.39 is 0 Å². The molecule has 0 unspecified atom stereocenters. The summed E-state index contributed by atoms with van der Waals surface area (Å²) in [6.07, 6.45) is 2.91. The summed E-state index contributed by atoms with van der Waals surface area (Å²) in [5.41, 5.74) is 2.07. The number of aromatic nitrogens is 1. The number of likely N-dealkylation sites (N-methyl/N-ethyl adjacent to an activating group) is 1. The molecular weight excluding hydrogens is 264 g/mol. The molecule has 1 aromatic heterocycles. The third-order valence-electron chi connectivity index (χ3n) is 3.05. The number of carbonyl (C=O) groups is 1. The molecule has 1 heterocycles. The number of carbonyl (C=O) groups excluding carboxylic acids is 1. The van der Waals surface area contributed by atoms with Crippen molar-refractivity contribution in [1.82, 2.24) is 15.2 Å². The predicted molar refractivity (Wildman–Crippen MR) is 87.2 cm³/mol. The lowest BCUT2D eigenvalue weighted by Crippen LogP contribution is -2.39. The maximum Gasteiger partial charge on any atom is 0.234 e. The van der Waals surface area contributed by atoms with Crippen molar-refractivity contribution in [3.05, 3.63) is 24.0 Å². The normalized spacial score (nSPS) is 11.0. The van der Waals surface area contributed by atoms with Gasteiger partial charge in [0.2, 0.25) is 5.91 Å². The topological polar surface area (TPSA) is 57.3 Å². The second-order valence-corrected chi connectivity index (χ2v) is 5.49. The van der Waals surface area contributed by atoms with Crippen LogP contribution in [0.4, 0.5) is 5.69 Å². The van der Waals surface area contributed by atoms with Gasteiger partial charge < -0.3 is 10.6 Å². The van der Waals surface area contributed by atoms with Crippen molar-refractivity contribution in [2.45, 2.75) is 46.7 Å². The van der Waals surface area contributed by atoms with Crippen LogP contribution in [0.15, 0.2) is 18.3 Å². The number of pyridine rings is 1. The van der Waals surface area contributed by atoms with Crippen LogP contribution in [-0.4, -0.2) is 41.5 Å². The van der Waals surface area contributed by atoms with E-state index in [1.54, 1.807) is 0 Å². The van der Waals surface area contributed by atoms with Gasteiger partial charge in [-0.1, -0.05) is 13.8 Å². The van der Waals surface area contributed by atoms with Crippen LogP contribution in [0.2, 0.25) is 0 Å². The highest BCUT2D eigenvalue weighted by atomic mass is 16.2. The summed E-state index contributed by atoms with van der Waals surface area (Å²) in [5, 5.41) is 6.27. The number of rotatable bonds is 9. The van der Waals surface area contributed by atoms with Gasteiger partial charge in [0.1, 0.15) is 0 Å². The van der Waals surface area contributed by atoms with Crippen molar-refractivity contribution in [2.24, 2.45) is 0 Å². The number of nitrogens with one attached hydrogen (secondary N) is 2. The van der Waals surface area contributed by atoms with Crippen LogP contribution in [0.1, 0.15) is 39.8 Å². The van der Waals surface area contributed by atoms with E-state index in [0.29, 0.717) is 13.1 Å². The minimum absolute atomic E-state index is 0.0621. The fourth-order valence-corrected chi connectivity index (χ4v) is 2.02. The zero-order chi connectivity index (χ0) is 15.7. The van der Waals surface area contributed by atoms with Gasteiger partial charge in [-0.2, -0.15) is 0 Å². The van der Waals surface area contributed by atoms with Gasteiger partial charge in [-0.15, -0.1) is 0 Å². The lowest BCUT2D eigenvalue weighted by Gasteiger charge is -2.20. The average Bonchev–Trinajstić information content (AvgIpc) is 2.44. The van der Waals surface area contributed by atoms with E-state index in [0.717, 1.165) is 30.9 Å². The standard InChI is InChI=1S/C16H28N4O/c1-5-8-17-14-7-9-18-15(10-14)11-20(6-2)12-16(21)19-13(3)4/h7,9-10,13H,5-6,8,11-12H2,1-4H3,(H,17,18)(H,19,21). The zero-order valence-corrected chi connectivity index (χ0v) is 13.6. The third-order valence-corrected chi connectivity index (χ3v) is 3.05. The smallest absolute Gasteiger partial charge is 0.234 e. The third kappa shape index (κ3) is 7.09.